The number of benzene rings is 2. The molecule has 0 N–H and O–H groups in total. The highest BCUT2D eigenvalue weighted by Gasteiger charge is 2.25. The third-order valence-corrected chi connectivity index (χ3v) is 6.26. The molecule has 1 aliphatic rings. The Morgan fingerprint density at radius 1 is 0.970 bits per heavy atom. The topological polar surface area (TPSA) is 45.5 Å². The molecular weight excluding hydrogens is 412 g/mol. The lowest BCUT2D eigenvalue weighted by Crippen LogP contribution is -2.23. The maximum atomic E-state index is 6.65. The van der Waals surface area contributed by atoms with Gasteiger partial charge in [0.25, 0.3) is 0 Å². The molecule has 0 aliphatic carbocycles. The number of nitrogens with zero attached hydrogens (tertiary/aromatic N) is 2. The number of hydrogen-bond acceptors (Lipinski definition) is 4. The molecule has 1 aliphatic heterocycles. The molecule has 1 unspecified atom stereocenters. The first-order valence-corrected chi connectivity index (χ1v) is 11.2. The van der Waals surface area contributed by atoms with Gasteiger partial charge >= 0.3 is 0 Å². The predicted molar refractivity (Wildman–Crippen MR) is 129 cm³/mol. The zero-order valence-electron chi connectivity index (χ0n) is 19.2. The van der Waals surface area contributed by atoms with Crippen molar-refractivity contribution >= 4 is 11.0 Å². The highest BCUT2D eigenvalue weighted by molar-refractivity contribution is 5.86. The van der Waals surface area contributed by atoms with Gasteiger partial charge in [0.15, 0.2) is 11.9 Å². The Kier molecular flexibility index (Phi) is 5.78. The first-order chi connectivity index (χ1) is 16.1. The Morgan fingerprint density at radius 3 is 2.48 bits per heavy atom. The van der Waals surface area contributed by atoms with Crippen molar-refractivity contribution in [3.63, 3.8) is 0 Å². The normalized spacial score (nSPS) is 14.0. The van der Waals surface area contributed by atoms with E-state index in [2.05, 4.69) is 61.7 Å². The molecule has 5 rings (SSSR count). The molecule has 0 saturated carbocycles. The monoisotopic (exact) mass is 440 g/mol. The summed E-state index contributed by atoms with van der Waals surface area (Å²) in [7, 11) is 0. The first kappa shape index (κ1) is 21.1. The first-order valence-electron chi connectivity index (χ1n) is 11.2. The number of pyridine rings is 1. The summed E-state index contributed by atoms with van der Waals surface area (Å²) in [4.78, 5) is 4.70. The maximum Gasteiger partial charge on any atom is 0.230 e. The molecule has 2 aromatic carbocycles. The van der Waals surface area contributed by atoms with Gasteiger partial charge in [-0.15, -0.1) is 0 Å². The van der Waals surface area contributed by atoms with E-state index in [0.29, 0.717) is 12.2 Å². The van der Waals surface area contributed by atoms with Crippen molar-refractivity contribution in [1.29, 1.82) is 0 Å². The average Bonchev–Trinajstić information content (AvgIpc) is 3.45. The molecule has 0 spiro atoms. The zero-order chi connectivity index (χ0) is 22.8. The van der Waals surface area contributed by atoms with Crippen LogP contribution in [0.15, 0.2) is 78.9 Å². The van der Waals surface area contributed by atoms with E-state index < -0.39 is 0 Å². The summed E-state index contributed by atoms with van der Waals surface area (Å²) >= 11 is 0. The van der Waals surface area contributed by atoms with Crippen LogP contribution in [0.25, 0.3) is 11.0 Å². The van der Waals surface area contributed by atoms with Gasteiger partial charge in [0.05, 0.1) is 5.52 Å². The quantitative estimate of drug-likeness (QED) is 0.362. The van der Waals surface area contributed by atoms with Gasteiger partial charge in [-0.25, -0.2) is 0 Å². The second-order valence-corrected chi connectivity index (χ2v) is 8.53. The molecule has 0 bridgehead atoms. The standard InChI is InChI=1S/C28H28N2O3/c1-19-9-11-23(12-10-19)16-30-21(3)20(2)27-28(30)24(13-14-29-27)33-25(26-17-31-18-32-26)15-22-7-5-4-6-8-22/h4-14,17,25H,15-16,18H2,1-3H3. The fourth-order valence-corrected chi connectivity index (χ4v) is 4.28. The number of hydrogen-bond donors (Lipinski definition) is 0. The van der Waals surface area contributed by atoms with Gasteiger partial charge in [-0.2, -0.15) is 0 Å². The number of ether oxygens (including phenoxy) is 3. The molecule has 0 saturated heterocycles. The van der Waals surface area contributed by atoms with Crippen molar-refractivity contribution in [1.82, 2.24) is 9.55 Å². The van der Waals surface area contributed by atoms with Gasteiger partial charge < -0.3 is 18.8 Å². The van der Waals surface area contributed by atoms with Crippen LogP contribution < -0.4 is 4.74 Å². The molecule has 4 aromatic rings. The number of rotatable bonds is 7. The Labute approximate surface area is 194 Å². The van der Waals surface area contributed by atoms with Crippen molar-refractivity contribution in [2.45, 2.75) is 39.8 Å². The summed E-state index contributed by atoms with van der Waals surface area (Å²) in [5.74, 6) is 1.49. The lowest BCUT2D eigenvalue weighted by atomic mass is 10.1. The molecule has 2 aromatic heterocycles. The van der Waals surface area contributed by atoms with Crippen LogP contribution in [-0.4, -0.2) is 22.4 Å². The highest BCUT2D eigenvalue weighted by Crippen LogP contribution is 2.33. The van der Waals surface area contributed by atoms with Crippen molar-refractivity contribution in [3.8, 4) is 5.75 Å². The molecule has 0 amide bonds. The van der Waals surface area contributed by atoms with Gasteiger partial charge in [-0.1, -0.05) is 60.2 Å². The van der Waals surface area contributed by atoms with Gasteiger partial charge in [0.1, 0.15) is 17.5 Å². The van der Waals surface area contributed by atoms with Crippen LogP contribution in [0.2, 0.25) is 0 Å². The minimum atomic E-state index is -0.302. The molecular formula is C28H28N2O3. The average molecular weight is 441 g/mol. The van der Waals surface area contributed by atoms with E-state index in [-0.39, 0.29) is 12.9 Å². The maximum absolute atomic E-state index is 6.65. The van der Waals surface area contributed by atoms with Gasteiger partial charge in [-0.05, 0) is 37.5 Å². The largest absolute Gasteiger partial charge is 0.480 e. The minimum Gasteiger partial charge on any atom is -0.480 e. The summed E-state index contributed by atoms with van der Waals surface area (Å²) in [6, 6.07) is 20.9. The van der Waals surface area contributed by atoms with E-state index >= 15 is 0 Å². The lowest BCUT2D eigenvalue weighted by molar-refractivity contribution is 0.0559. The fraction of sp³-hybridized carbons (Fsp3) is 0.250. The minimum absolute atomic E-state index is 0.220. The summed E-state index contributed by atoms with van der Waals surface area (Å²) in [5.41, 5.74) is 8.00. The Morgan fingerprint density at radius 2 is 1.76 bits per heavy atom. The predicted octanol–water partition coefficient (Wildman–Crippen LogP) is 5.85. The molecule has 0 radical (unpaired) electrons. The number of aryl methyl sites for hydroxylation is 2. The molecule has 168 valence electrons. The van der Waals surface area contributed by atoms with Gasteiger partial charge in [0, 0.05) is 30.9 Å². The van der Waals surface area contributed by atoms with Crippen molar-refractivity contribution < 1.29 is 14.2 Å². The molecule has 3 heterocycles. The van der Waals surface area contributed by atoms with E-state index in [0.717, 1.165) is 23.3 Å². The Balaban J connectivity index is 1.55. The second kappa shape index (κ2) is 9.02. The fourth-order valence-electron chi connectivity index (χ4n) is 4.28. The van der Waals surface area contributed by atoms with Crippen molar-refractivity contribution in [2.24, 2.45) is 0 Å². The smallest absolute Gasteiger partial charge is 0.230 e. The summed E-state index contributed by atoms with van der Waals surface area (Å²) in [6.07, 6.45) is 3.86. The third kappa shape index (κ3) is 4.31. The van der Waals surface area contributed by atoms with Crippen LogP contribution in [0, 0.1) is 20.8 Å². The molecule has 5 nitrogen and oxygen atoms in total. The Hall–Kier alpha value is -3.73. The van der Waals surface area contributed by atoms with Crippen LogP contribution in [0.3, 0.4) is 0 Å². The van der Waals surface area contributed by atoms with Crippen LogP contribution in [0.4, 0.5) is 0 Å². The van der Waals surface area contributed by atoms with Crippen LogP contribution in [-0.2, 0) is 22.4 Å². The van der Waals surface area contributed by atoms with Crippen LogP contribution in [0.5, 0.6) is 5.75 Å². The molecule has 5 heteroatoms. The van der Waals surface area contributed by atoms with Crippen molar-refractivity contribution in [3.05, 3.63) is 107 Å². The summed E-state index contributed by atoms with van der Waals surface area (Å²) < 4.78 is 20.0. The van der Waals surface area contributed by atoms with Crippen LogP contribution in [0.1, 0.15) is 27.9 Å². The number of fused-ring (bicyclic) bond motifs is 1. The van der Waals surface area contributed by atoms with Crippen molar-refractivity contribution in [2.75, 3.05) is 6.79 Å². The molecule has 33 heavy (non-hydrogen) atoms. The SMILES string of the molecule is Cc1ccc(Cn2c(C)c(C)c3nccc(OC(Cc4ccccc4)C4=COCO4)c32)cc1. The van der Waals surface area contributed by atoms with Crippen LogP contribution >= 0.6 is 0 Å². The van der Waals surface area contributed by atoms with E-state index in [1.807, 2.05) is 30.5 Å². The van der Waals surface area contributed by atoms with Gasteiger partial charge in [-0.3, -0.25) is 4.98 Å². The zero-order valence-corrected chi connectivity index (χ0v) is 19.2. The second-order valence-electron chi connectivity index (χ2n) is 8.53. The van der Waals surface area contributed by atoms with E-state index in [1.54, 1.807) is 6.26 Å². The summed E-state index contributed by atoms with van der Waals surface area (Å²) in [5, 5.41) is 0. The van der Waals surface area contributed by atoms with E-state index in [4.69, 9.17) is 19.2 Å². The molecule has 1 atom stereocenters. The van der Waals surface area contributed by atoms with Gasteiger partial charge in [0.2, 0.25) is 6.79 Å². The third-order valence-electron chi connectivity index (χ3n) is 6.26. The van der Waals surface area contributed by atoms with E-state index in [1.165, 1.54) is 27.9 Å². The lowest BCUT2D eigenvalue weighted by Gasteiger charge is -2.20. The highest BCUT2D eigenvalue weighted by atomic mass is 16.7. The number of aromatic nitrogens is 2. The Bertz CT molecular complexity index is 1290. The van der Waals surface area contributed by atoms with E-state index in [9.17, 15) is 0 Å². The molecule has 0 fully saturated rings. The summed E-state index contributed by atoms with van der Waals surface area (Å²) in [6.45, 7) is 7.35.